The zero-order valence-electron chi connectivity index (χ0n) is 21.6. The summed E-state index contributed by atoms with van der Waals surface area (Å²) in [4.78, 5) is 24.1. The van der Waals surface area contributed by atoms with Gasteiger partial charge in [0.1, 0.15) is 17.4 Å². The Morgan fingerprint density at radius 1 is 1.05 bits per heavy atom. The highest BCUT2D eigenvalue weighted by atomic mass is 19.1. The van der Waals surface area contributed by atoms with Crippen molar-refractivity contribution in [2.45, 2.75) is 33.2 Å². The first-order valence-corrected chi connectivity index (χ1v) is 12.6. The minimum Gasteiger partial charge on any atom is -0.423 e. The number of esters is 1. The third-order valence-electron chi connectivity index (χ3n) is 6.82. The molecule has 0 fully saturated rings. The molecule has 6 nitrogen and oxygen atoms in total. The maximum Gasteiger partial charge on any atom is 0.336 e. The van der Waals surface area contributed by atoms with Crippen LogP contribution in [-0.4, -0.2) is 22.5 Å². The van der Waals surface area contributed by atoms with E-state index in [4.69, 9.17) is 9.72 Å². The van der Waals surface area contributed by atoms with Crippen molar-refractivity contribution in [2.75, 3.05) is 16.8 Å². The van der Waals surface area contributed by atoms with Gasteiger partial charge in [0, 0.05) is 29.6 Å². The standard InChI is InChI=1S/C31H29FN4O2/c1-20-21(2)33-31(34-26-13-11-25(32)12-14-26)35-30(20)36-18-17-24-10-15-27(19-28(24)22(36)3)38-29(37)16-9-23-7-5-4-6-8-23/h4-16,19,22H,17-18H2,1-3H3,(H,33,34,35)/b16-9+. The lowest BCUT2D eigenvalue weighted by Crippen LogP contribution is -2.35. The molecule has 1 aliphatic heterocycles. The molecular weight excluding hydrogens is 479 g/mol. The Bertz CT molecular complexity index is 1490. The number of halogens is 1. The third kappa shape index (κ3) is 5.57. The molecular formula is C31H29FN4O2. The van der Waals surface area contributed by atoms with E-state index >= 15 is 0 Å². The second kappa shape index (κ2) is 10.8. The van der Waals surface area contributed by atoms with Gasteiger partial charge in [0.05, 0.1) is 6.04 Å². The highest BCUT2D eigenvalue weighted by Crippen LogP contribution is 2.37. The largest absolute Gasteiger partial charge is 0.423 e. The van der Waals surface area contributed by atoms with Crippen LogP contribution in [0.5, 0.6) is 5.75 Å². The van der Waals surface area contributed by atoms with Crippen molar-refractivity contribution in [3.63, 3.8) is 0 Å². The topological polar surface area (TPSA) is 67.3 Å². The van der Waals surface area contributed by atoms with Gasteiger partial charge in [0.2, 0.25) is 5.95 Å². The number of nitrogens with zero attached hydrogens (tertiary/aromatic N) is 3. The van der Waals surface area contributed by atoms with Crippen LogP contribution in [0.25, 0.3) is 6.08 Å². The number of aryl methyl sites for hydroxylation is 1. The molecule has 0 spiro atoms. The van der Waals surface area contributed by atoms with Gasteiger partial charge >= 0.3 is 5.97 Å². The molecule has 0 radical (unpaired) electrons. The zero-order chi connectivity index (χ0) is 26.6. The van der Waals surface area contributed by atoms with Gasteiger partial charge in [-0.05, 0) is 86.4 Å². The van der Waals surface area contributed by atoms with Crippen LogP contribution in [0.2, 0.25) is 0 Å². The molecule has 0 amide bonds. The summed E-state index contributed by atoms with van der Waals surface area (Å²) < 4.78 is 18.9. The Morgan fingerprint density at radius 3 is 2.58 bits per heavy atom. The molecule has 1 aromatic heterocycles. The highest BCUT2D eigenvalue weighted by molar-refractivity contribution is 5.88. The van der Waals surface area contributed by atoms with E-state index in [-0.39, 0.29) is 11.9 Å². The van der Waals surface area contributed by atoms with Gasteiger partial charge in [-0.2, -0.15) is 4.98 Å². The van der Waals surface area contributed by atoms with Gasteiger partial charge in [0.25, 0.3) is 0 Å². The van der Waals surface area contributed by atoms with Crippen LogP contribution in [0.4, 0.5) is 21.8 Å². The molecule has 5 rings (SSSR count). The van der Waals surface area contributed by atoms with Crippen molar-refractivity contribution in [3.05, 3.63) is 113 Å². The van der Waals surface area contributed by atoms with E-state index < -0.39 is 5.97 Å². The lowest BCUT2D eigenvalue weighted by atomic mass is 9.93. The van der Waals surface area contributed by atoms with Crippen molar-refractivity contribution in [2.24, 2.45) is 0 Å². The number of nitrogens with one attached hydrogen (secondary N) is 1. The maximum absolute atomic E-state index is 13.3. The predicted molar refractivity (Wildman–Crippen MR) is 148 cm³/mol. The van der Waals surface area contributed by atoms with Crippen molar-refractivity contribution >= 4 is 29.5 Å². The number of aromatic nitrogens is 2. The predicted octanol–water partition coefficient (Wildman–Crippen LogP) is 6.72. The smallest absolute Gasteiger partial charge is 0.336 e. The molecule has 2 heterocycles. The summed E-state index contributed by atoms with van der Waals surface area (Å²) in [5, 5.41) is 3.19. The van der Waals surface area contributed by atoms with Crippen molar-refractivity contribution in [1.29, 1.82) is 0 Å². The van der Waals surface area contributed by atoms with Crippen LogP contribution < -0.4 is 15.0 Å². The first kappa shape index (κ1) is 25.1. The van der Waals surface area contributed by atoms with Crippen molar-refractivity contribution < 1.29 is 13.9 Å². The Balaban J connectivity index is 1.36. The summed E-state index contributed by atoms with van der Waals surface area (Å²) in [5.74, 6) is 1.09. The van der Waals surface area contributed by atoms with Gasteiger partial charge in [-0.3, -0.25) is 0 Å². The quantitative estimate of drug-likeness (QED) is 0.177. The monoisotopic (exact) mass is 508 g/mol. The number of rotatable bonds is 6. The van der Waals surface area contributed by atoms with Crippen LogP contribution in [0.1, 0.15) is 40.9 Å². The van der Waals surface area contributed by atoms with E-state index in [2.05, 4.69) is 22.1 Å². The number of anilines is 3. The lowest BCUT2D eigenvalue weighted by molar-refractivity contribution is -0.128. The summed E-state index contributed by atoms with van der Waals surface area (Å²) in [6.45, 7) is 6.90. The second-order valence-electron chi connectivity index (χ2n) is 9.36. The Hall–Kier alpha value is -4.52. The number of carbonyl (C=O) groups is 1. The molecule has 0 aliphatic carbocycles. The van der Waals surface area contributed by atoms with E-state index in [0.717, 1.165) is 41.2 Å². The van der Waals surface area contributed by atoms with Crippen molar-refractivity contribution in [1.82, 2.24) is 9.97 Å². The molecule has 38 heavy (non-hydrogen) atoms. The van der Waals surface area contributed by atoms with Gasteiger partial charge in [-0.15, -0.1) is 0 Å². The molecule has 192 valence electrons. The van der Waals surface area contributed by atoms with E-state index in [1.807, 2.05) is 62.4 Å². The minimum absolute atomic E-state index is 0.00364. The van der Waals surface area contributed by atoms with E-state index in [1.165, 1.54) is 23.8 Å². The Kier molecular flexibility index (Phi) is 7.18. The summed E-state index contributed by atoms with van der Waals surface area (Å²) in [7, 11) is 0. The number of hydrogen-bond donors (Lipinski definition) is 1. The van der Waals surface area contributed by atoms with Crippen LogP contribution in [0.15, 0.2) is 78.9 Å². The molecule has 7 heteroatoms. The molecule has 0 bridgehead atoms. The molecule has 1 aliphatic rings. The number of benzene rings is 3. The molecule has 0 saturated heterocycles. The van der Waals surface area contributed by atoms with Crippen LogP contribution in [0.3, 0.4) is 0 Å². The van der Waals surface area contributed by atoms with E-state index in [0.29, 0.717) is 17.4 Å². The van der Waals surface area contributed by atoms with Crippen LogP contribution in [0, 0.1) is 19.7 Å². The highest BCUT2D eigenvalue weighted by Gasteiger charge is 2.27. The van der Waals surface area contributed by atoms with Gasteiger partial charge in [0.15, 0.2) is 0 Å². The third-order valence-corrected chi connectivity index (χ3v) is 6.82. The number of ether oxygens (including phenoxy) is 1. The van der Waals surface area contributed by atoms with Gasteiger partial charge < -0.3 is 15.0 Å². The summed E-state index contributed by atoms with van der Waals surface area (Å²) >= 11 is 0. The van der Waals surface area contributed by atoms with Gasteiger partial charge in [-0.1, -0.05) is 36.4 Å². The average molecular weight is 509 g/mol. The molecule has 1 unspecified atom stereocenters. The van der Waals surface area contributed by atoms with Crippen molar-refractivity contribution in [3.8, 4) is 5.75 Å². The molecule has 1 atom stereocenters. The second-order valence-corrected chi connectivity index (χ2v) is 9.36. The minimum atomic E-state index is -0.423. The average Bonchev–Trinajstić information content (AvgIpc) is 2.92. The molecule has 4 aromatic rings. The van der Waals surface area contributed by atoms with Crippen LogP contribution in [-0.2, 0) is 11.2 Å². The van der Waals surface area contributed by atoms with E-state index in [1.54, 1.807) is 18.2 Å². The summed E-state index contributed by atoms with van der Waals surface area (Å²) in [6, 6.07) is 21.6. The Morgan fingerprint density at radius 2 is 1.82 bits per heavy atom. The fourth-order valence-electron chi connectivity index (χ4n) is 4.63. The maximum atomic E-state index is 13.3. The Labute approximate surface area is 221 Å². The van der Waals surface area contributed by atoms with Crippen LogP contribution >= 0.6 is 0 Å². The summed E-state index contributed by atoms with van der Waals surface area (Å²) in [5.41, 5.74) is 5.83. The van der Waals surface area contributed by atoms with E-state index in [9.17, 15) is 9.18 Å². The first-order valence-electron chi connectivity index (χ1n) is 12.6. The molecule has 0 saturated carbocycles. The fraction of sp³-hybridized carbons (Fsp3) is 0.194. The number of carbonyl (C=O) groups excluding carboxylic acids is 1. The number of hydrogen-bond acceptors (Lipinski definition) is 6. The fourth-order valence-corrected chi connectivity index (χ4v) is 4.63. The van der Waals surface area contributed by atoms with Gasteiger partial charge in [-0.25, -0.2) is 14.2 Å². The SMILES string of the molecule is Cc1nc(Nc2ccc(F)cc2)nc(N2CCc3ccc(OC(=O)/C=C/c4ccccc4)cc3C2C)c1C. The molecule has 3 aromatic carbocycles. The molecule has 1 N–H and O–H groups in total. The lowest BCUT2D eigenvalue weighted by Gasteiger charge is -2.37. The zero-order valence-corrected chi connectivity index (χ0v) is 21.6. The number of fused-ring (bicyclic) bond motifs is 1. The summed E-state index contributed by atoms with van der Waals surface area (Å²) in [6.07, 6.45) is 4.01. The normalized spacial score (nSPS) is 14.8. The first-order chi connectivity index (χ1) is 18.4.